The molecule has 0 aromatic heterocycles. The molecule has 1 N–H and O–H groups in total. The Balaban J connectivity index is 1.99. The quantitative estimate of drug-likeness (QED) is 0.898. The van der Waals surface area contributed by atoms with Crippen LogP contribution in [0.5, 0.6) is 11.5 Å². The lowest BCUT2D eigenvalue weighted by Crippen LogP contribution is -2.36. The third-order valence-electron chi connectivity index (χ3n) is 4.07. The maximum absolute atomic E-state index is 11.3. The molecule has 2 aromatic rings. The van der Waals surface area contributed by atoms with Crippen molar-refractivity contribution in [3.05, 3.63) is 47.5 Å². The van der Waals surface area contributed by atoms with Crippen molar-refractivity contribution in [2.45, 2.75) is 6.92 Å². The smallest absolute Gasteiger partial charge is 0.221 e. The molecule has 0 bridgehead atoms. The number of anilines is 2. The van der Waals surface area contributed by atoms with Crippen molar-refractivity contribution < 1.29 is 14.3 Å². The van der Waals surface area contributed by atoms with Crippen LogP contribution in [-0.4, -0.2) is 32.2 Å². The highest BCUT2D eigenvalue weighted by molar-refractivity contribution is 5.88. The van der Waals surface area contributed by atoms with Crippen molar-refractivity contribution in [3.63, 3.8) is 0 Å². The molecule has 7 nitrogen and oxygen atoms in total. The summed E-state index contributed by atoms with van der Waals surface area (Å²) in [6, 6.07) is 14.4. The molecule has 136 valence electrons. The van der Waals surface area contributed by atoms with Crippen LogP contribution < -0.4 is 15.0 Å². The van der Waals surface area contributed by atoms with E-state index in [2.05, 4.69) is 16.3 Å². The third kappa shape index (κ3) is 4.35. The molecule has 0 aliphatic carbocycles. The standard InChI is InChI=1S/C20H18N4O3/c1-14(25)23-17-3-2-4-18(11-17)27-20-10-16(13-22)15(12-21)9-19(20)24-5-7-26-8-6-24/h2-4,9-11H,5-8H2,1H3,(H,23,25). The van der Waals surface area contributed by atoms with E-state index in [9.17, 15) is 15.3 Å². The van der Waals surface area contributed by atoms with Crippen molar-refractivity contribution in [2.75, 3.05) is 36.5 Å². The van der Waals surface area contributed by atoms with E-state index in [0.717, 1.165) is 5.69 Å². The molecule has 0 atom stereocenters. The number of nitrogens with one attached hydrogen (secondary N) is 1. The molecule has 7 heteroatoms. The average molecular weight is 362 g/mol. The Morgan fingerprint density at radius 3 is 2.52 bits per heavy atom. The van der Waals surface area contributed by atoms with Gasteiger partial charge in [0, 0.05) is 37.8 Å². The molecule has 1 heterocycles. The average Bonchev–Trinajstić information content (AvgIpc) is 2.68. The van der Waals surface area contributed by atoms with E-state index in [1.165, 1.54) is 6.92 Å². The zero-order valence-electron chi connectivity index (χ0n) is 14.9. The van der Waals surface area contributed by atoms with Crippen molar-refractivity contribution >= 4 is 17.3 Å². The number of nitriles is 2. The van der Waals surface area contributed by atoms with Gasteiger partial charge in [-0.05, 0) is 18.2 Å². The van der Waals surface area contributed by atoms with Gasteiger partial charge in [-0.2, -0.15) is 10.5 Å². The Bertz CT molecular complexity index is 937. The third-order valence-corrected chi connectivity index (χ3v) is 4.07. The lowest BCUT2D eigenvalue weighted by molar-refractivity contribution is -0.114. The van der Waals surface area contributed by atoms with Crippen molar-refractivity contribution in [1.29, 1.82) is 10.5 Å². The maximum atomic E-state index is 11.3. The molecule has 27 heavy (non-hydrogen) atoms. The zero-order valence-corrected chi connectivity index (χ0v) is 14.9. The molecule has 0 radical (unpaired) electrons. The maximum Gasteiger partial charge on any atom is 0.221 e. The predicted octanol–water partition coefficient (Wildman–Crippen LogP) is 3.02. The van der Waals surface area contributed by atoms with Gasteiger partial charge in [0.1, 0.15) is 17.9 Å². The number of carbonyl (C=O) groups excluding carboxylic acids is 1. The summed E-state index contributed by atoms with van der Waals surface area (Å²) in [7, 11) is 0. The van der Waals surface area contributed by atoms with Gasteiger partial charge in [0.2, 0.25) is 5.91 Å². The number of amides is 1. The fourth-order valence-corrected chi connectivity index (χ4v) is 2.85. The monoisotopic (exact) mass is 362 g/mol. The number of nitrogens with zero attached hydrogens (tertiary/aromatic N) is 3. The van der Waals surface area contributed by atoms with Crippen LogP contribution >= 0.6 is 0 Å². The second kappa shape index (κ2) is 8.22. The van der Waals surface area contributed by atoms with Crippen LogP contribution in [0.15, 0.2) is 36.4 Å². The number of rotatable bonds is 4. The first-order valence-electron chi connectivity index (χ1n) is 8.47. The summed E-state index contributed by atoms with van der Waals surface area (Å²) >= 11 is 0. The number of ether oxygens (including phenoxy) is 2. The Morgan fingerprint density at radius 1 is 1.15 bits per heavy atom. The van der Waals surface area contributed by atoms with E-state index < -0.39 is 0 Å². The van der Waals surface area contributed by atoms with E-state index in [4.69, 9.17) is 9.47 Å². The van der Waals surface area contributed by atoms with Crippen LogP contribution in [0.2, 0.25) is 0 Å². The molecule has 1 aliphatic rings. The summed E-state index contributed by atoms with van der Waals surface area (Å²) in [5, 5.41) is 21.4. The van der Waals surface area contributed by atoms with Gasteiger partial charge in [0.05, 0.1) is 30.0 Å². The summed E-state index contributed by atoms with van der Waals surface area (Å²) in [4.78, 5) is 13.3. The highest BCUT2D eigenvalue weighted by atomic mass is 16.5. The van der Waals surface area contributed by atoms with E-state index >= 15 is 0 Å². The molecule has 1 saturated heterocycles. The van der Waals surface area contributed by atoms with Gasteiger partial charge in [0.15, 0.2) is 5.75 Å². The van der Waals surface area contributed by atoms with Gasteiger partial charge in [-0.15, -0.1) is 0 Å². The molecular formula is C20H18N4O3. The van der Waals surface area contributed by atoms with Crippen LogP contribution in [-0.2, 0) is 9.53 Å². The summed E-state index contributed by atoms with van der Waals surface area (Å²) in [5.41, 5.74) is 1.90. The zero-order chi connectivity index (χ0) is 19.2. The largest absolute Gasteiger partial charge is 0.455 e. The second-order valence-electron chi connectivity index (χ2n) is 6.00. The molecule has 0 spiro atoms. The Hall–Kier alpha value is -3.55. The van der Waals surface area contributed by atoms with E-state index in [-0.39, 0.29) is 11.5 Å². The number of benzene rings is 2. The van der Waals surface area contributed by atoms with Gasteiger partial charge >= 0.3 is 0 Å². The molecule has 1 amide bonds. The van der Waals surface area contributed by atoms with Crippen LogP contribution in [0.25, 0.3) is 0 Å². The summed E-state index contributed by atoms with van der Waals surface area (Å²) < 4.78 is 11.4. The number of morpholine rings is 1. The molecule has 0 unspecified atom stereocenters. The SMILES string of the molecule is CC(=O)Nc1cccc(Oc2cc(C#N)c(C#N)cc2N2CCOCC2)c1. The van der Waals surface area contributed by atoms with Gasteiger partial charge in [0.25, 0.3) is 0 Å². The van der Waals surface area contributed by atoms with Crippen LogP contribution in [0.1, 0.15) is 18.1 Å². The Morgan fingerprint density at radius 2 is 1.85 bits per heavy atom. The van der Waals surface area contributed by atoms with Gasteiger partial charge in [-0.3, -0.25) is 4.79 Å². The second-order valence-corrected chi connectivity index (χ2v) is 6.00. The normalized spacial score (nSPS) is 13.4. The molecule has 2 aromatic carbocycles. The molecular weight excluding hydrogens is 344 g/mol. The molecule has 0 saturated carbocycles. The molecule has 1 aliphatic heterocycles. The van der Waals surface area contributed by atoms with E-state index in [1.54, 1.807) is 36.4 Å². The van der Waals surface area contributed by atoms with Gasteiger partial charge in [-0.1, -0.05) is 6.07 Å². The Kier molecular flexibility index (Phi) is 5.55. The summed E-state index contributed by atoms with van der Waals surface area (Å²) in [5.74, 6) is 0.822. The number of hydrogen-bond acceptors (Lipinski definition) is 6. The highest BCUT2D eigenvalue weighted by Crippen LogP contribution is 2.36. The van der Waals surface area contributed by atoms with Crippen molar-refractivity contribution in [2.24, 2.45) is 0 Å². The predicted molar refractivity (Wildman–Crippen MR) is 99.7 cm³/mol. The minimum atomic E-state index is -0.175. The minimum absolute atomic E-state index is 0.175. The number of carbonyl (C=O) groups is 1. The summed E-state index contributed by atoms with van der Waals surface area (Å²) in [6.07, 6.45) is 0. The van der Waals surface area contributed by atoms with Crippen LogP contribution in [0.4, 0.5) is 11.4 Å². The lowest BCUT2D eigenvalue weighted by Gasteiger charge is -2.30. The molecule has 1 fully saturated rings. The van der Waals surface area contributed by atoms with Crippen molar-refractivity contribution in [3.8, 4) is 23.6 Å². The first-order chi connectivity index (χ1) is 13.1. The van der Waals surface area contributed by atoms with Gasteiger partial charge < -0.3 is 19.7 Å². The first-order valence-corrected chi connectivity index (χ1v) is 8.47. The highest BCUT2D eigenvalue weighted by Gasteiger charge is 2.19. The first kappa shape index (κ1) is 18.2. The Labute approximate surface area is 157 Å². The van der Waals surface area contributed by atoms with Crippen LogP contribution in [0.3, 0.4) is 0 Å². The summed E-state index contributed by atoms with van der Waals surface area (Å²) in [6.45, 7) is 3.93. The fourth-order valence-electron chi connectivity index (χ4n) is 2.85. The minimum Gasteiger partial charge on any atom is -0.455 e. The van der Waals surface area contributed by atoms with E-state index in [1.807, 2.05) is 6.07 Å². The topological polar surface area (TPSA) is 98.4 Å². The lowest BCUT2D eigenvalue weighted by atomic mass is 10.1. The molecule has 3 rings (SSSR count). The van der Waals surface area contributed by atoms with Crippen LogP contribution in [0, 0.1) is 22.7 Å². The van der Waals surface area contributed by atoms with Crippen molar-refractivity contribution in [1.82, 2.24) is 0 Å². The fraction of sp³-hybridized carbons (Fsp3) is 0.250. The van der Waals surface area contributed by atoms with Gasteiger partial charge in [-0.25, -0.2) is 0 Å². The van der Waals surface area contributed by atoms with E-state index in [0.29, 0.717) is 49.1 Å². The number of hydrogen-bond donors (Lipinski definition) is 1.